The van der Waals surface area contributed by atoms with Gasteiger partial charge in [0.25, 0.3) is 0 Å². The summed E-state index contributed by atoms with van der Waals surface area (Å²) in [6.45, 7) is 11.5. The van der Waals surface area contributed by atoms with E-state index in [9.17, 15) is 9.59 Å². The highest BCUT2D eigenvalue weighted by atomic mass is 16.1. The maximum Gasteiger partial charge on any atom is 0.133 e. The van der Waals surface area contributed by atoms with Crippen molar-refractivity contribution in [3.05, 3.63) is 0 Å². The largest absolute Gasteiger partial charge is 0.300 e. The van der Waals surface area contributed by atoms with Crippen LogP contribution < -0.4 is 0 Å². The van der Waals surface area contributed by atoms with Gasteiger partial charge in [-0.05, 0) is 91.8 Å². The lowest BCUT2D eigenvalue weighted by Gasteiger charge is -2.60. The topological polar surface area (TPSA) is 34.1 Å². The lowest BCUT2D eigenvalue weighted by atomic mass is 9.44. The smallest absolute Gasteiger partial charge is 0.133 e. The third-order valence-electron chi connectivity index (χ3n) is 9.88. The molecule has 0 spiro atoms. The summed E-state index contributed by atoms with van der Waals surface area (Å²) in [5, 5.41) is 0. The summed E-state index contributed by atoms with van der Waals surface area (Å²) in [4.78, 5) is 24.7. The number of hydrogen-bond donors (Lipinski definition) is 0. The quantitative estimate of drug-likeness (QED) is 0.636. The van der Waals surface area contributed by atoms with Gasteiger partial charge in [-0.2, -0.15) is 0 Å². The first-order chi connectivity index (χ1) is 12.2. The molecule has 26 heavy (non-hydrogen) atoms. The molecule has 8 atom stereocenters. The SMILES string of the molecule is CC(=O)[C@H]1[C@H](C(C)C)C[C@H]2C3CC[C@H]4CC(=O)CC[C@]4(C)[C@H]3CC[C@@]21C. The van der Waals surface area contributed by atoms with Crippen molar-refractivity contribution in [2.24, 2.45) is 52.3 Å². The molecule has 0 amide bonds. The van der Waals surface area contributed by atoms with Gasteiger partial charge in [0.15, 0.2) is 0 Å². The van der Waals surface area contributed by atoms with Gasteiger partial charge in [-0.15, -0.1) is 0 Å². The van der Waals surface area contributed by atoms with Gasteiger partial charge in [-0.3, -0.25) is 9.59 Å². The molecule has 4 aliphatic rings. The lowest BCUT2D eigenvalue weighted by molar-refractivity contribution is -0.143. The molecular weight excluding hydrogens is 320 g/mol. The Morgan fingerprint density at radius 2 is 1.77 bits per heavy atom. The molecule has 146 valence electrons. The highest BCUT2D eigenvalue weighted by Crippen LogP contribution is 2.68. The first kappa shape index (κ1) is 18.7. The van der Waals surface area contributed by atoms with Crippen molar-refractivity contribution in [1.29, 1.82) is 0 Å². The average Bonchev–Trinajstić information content (AvgIpc) is 2.89. The van der Waals surface area contributed by atoms with Crippen LogP contribution in [0, 0.1) is 52.3 Å². The molecule has 0 aromatic carbocycles. The third-order valence-corrected chi connectivity index (χ3v) is 9.88. The fourth-order valence-corrected chi connectivity index (χ4v) is 8.56. The zero-order chi connectivity index (χ0) is 18.9. The van der Waals surface area contributed by atoms with Gasteiger partial charge in [0.2, 0.25) is 0 Å². The van der Waals surface area contributed by atoms with E-state index in [1.807, 2.05) is 6.92 Å². The van der Waals surface area contributed by atoms with E-state index in [0.29, 0.717) is 34.7 Å². The van der Waals surface area contributed by atoms with E-state index >= 15 is 0 Å². The molecule has 2 heteroatoms. The van der Waals surface area contributed by atoms with Crippen molar-refractivity contribution in [1.82, 2.24) is 0 Å². The summed E-state index contributed by atoms with van der Waals surface area (Å²) in [6.07, 6.45) is 9.08. The standard InChI is InChI=1S/C24H38O2/c1-14(2)19-13-21-18-7-6-16-12-17(26)8-10-23(16,4)20(18)9-11-24(21,5)22(19)15(3)25/h14,16,18-22H,6-13H2,1-5H3/t16-,18?,19-,20-,21-,22-,23-,24-/m0/s1. The van der Waals surface area contributed by atoms with Crippen molar-refractivity contribution in [3.8, 4) is 0 Å². The van der Waals surface area contributed by atoms with E-state index < -0.39 is 0 Å². The van der Waals surface area contributed by atoms with E-state index in [1.54, 1.807) is 0 Å². The second-order valence-corrected chi connectivity index (χ2v) is 11.2. The predicted octanol–water partition coefficient (Wildman–Crippen LogP) is 5.69. The zero-order valence-electron chi connectivity index (χ0n) is 17.5. The number of carbonyl (C=O) groups is 2. The van der Waals surface area contributed by atoms with Crippen LogP contribution in [-0.4, -0.2) is 11.6 Å². The number of carbonyl (C=O) groups excluding carboxylic acids is 2. The van der Waals surface area contributed by atoms with Crippen molar-refractivity contribution >= 4 is 11.6 Å². The Balaban J connectivity index is 1.66. The maximum absolute atomic E-state index is 12.7. The predicted molar refractivity (Wildman–Crippen MR) is 105 cm³/mol. The summed E-state index contributed by atoms with van der Waals surface area (Å²) < 4.78 is 0. The highest BCUT2D eigenvalue weighted by Gasteiger charge is 2.63. The van der Waals surface area contributed by atoms with Gasteiger partial charge >= 0.3 is 0 Å². The number of fused-ring (bicyclic) bond motifs is 5. The summed E-state index contributed by atoms with van der Waals surface area (Å²) in [7, 11) is 0. The Labute approximate surface area is 159 Å². The van der Waals surface area contributed by atoms with Gasteiger partial charge in [0.1, 0.15) is 11.6 Å². The summed E-state index contributed by atoms with van der Waals surface area (Å²) in [6, 6.07) is 0. The van der Waals surface area contributed by atoms with E-state index in [0.717, 1.165) is 37.0 Å². The Bertz CT molecular complexity index is 607. The van der Waals surface area contributed by atoms with Gasteiger partial charge in [0, 0.05) is 18.8 Å². The Kier molecular flexibility index (Phi) is 4.44. The number of Topliss-reactive ketones (excluding diaryl/α,β-unsaturated/α-hetero) is 2. The van der Waals surface area contributed by atoms with Gasteiger partial charge in [0.05, 0.1) is 0 Å². The average molecular weight is 359 g/mol. The van der Waals surface area contributed by atoms with E-state index in [-0.39, 0.29) is 11.3 Å². The maximum atomic E-state index is 12.7. The minimum Gasteiger partial charge on any atom is -0.300 e. The summed E-state index contributed by atoms with van der Waals surface area (Å²) in [5.41, 5.74) is 0.593. The first-order valence-corrected chi connectivity index (χ1v) is 11.2. The highest BCUT2D eigenvalue weighted by molar-refractivity contribution is 5.80. The molecule has 0 bridgehead atoms. The van der Waals surface area contributed by atoms with Gasteiger partial charge in [-0.1, -0.05) is 27.7 Å². The molecule has 1 unspecified atom stereocenters. The van der Waals surface area contributed by atoms with Crippen LogP contribution in [0.25, 0.3) is 0 Å². The molecule has 0 N–H and O–H groups in total. The van der Waals surface area contributed by atoms with E-state index in [1.165, 1.54) is 32.1 Å². The minimum atomic E-state index is 0.218. The fourth-order valence-electron chi connectivity index (χ4n) is 8.56. The van der Waals surface area contributed by atoms with Crippen LogP contribution in [0.1, 0.15) is 86.0 Å². The molecule has 0 radical (unpaired) electrons. The molecule has 0 aromatic rings. The van der Waals surface area contributed by atoms with Crippen LogP contribution in [0.3, 0.4) is 0 Å². The molecule has 0 aromatic heterocycles. The van der Waals surface area contributed by atoms with Crippen LogP contribution in [0.2, 0.25) is 0 Å². The molecule has 4 rings (SSSR count). The molecule has 0 heterocycles. The Morgan fingerprint density at radius 3 is 2.42 bits per heavy atom. The molecule has 0 saturated heterocycles. The van der Waals surface area contributed by atoms with Crippen molar-refractivity contribution < 1.29 is 9.59 Å². The molecular formula is C24H38O2. The zero-order valence-corrected chi connectivity index (χ0v) is 17.5. The van der Waals surface area contributed by atoms with Crippen molar-refractivity contribution in [2.45, 2.75) is 86.0 Å². The van der Waals surface area contributed by atoms with E-state index in [4.69, 9.17) is 0 Å². The number of rotatable bonds is 2. The van der Waals surface area contributed by atoms with E-state index in [2.05, 4.69) is 27.7 Å². The van der Waals surface area contributed by atoms with Gasteiger partial charge in [-0.25, -0.2) is 0 Å². The van der Waals surface area contributed by atoms with Crippen molar-refractivity contribution in [3.63, 3.8) is 0 Å². The first-order valence-electron chi connectivity index (χ1n) is 11.2. The monoisotopic (exact) mass is 358 g/mol. The second kappa shape index (κ2) is 6.17. The Morgan fingerprint density at radius 1 is 1.04 bits per heavy atom. The third kappa shape index (κ3) is 2.49. The van der Waals surface area contributed by atoms with Crippen LogP contribution >= 0.6 is 0 Å². The molecule has 4 saturated carbocycles. The molecule has 0 aliphatic heterocycles. The van der Waals surface area contributed by atoms with Crippen molar-refractivity contribution in [2.75, 3.05) is 0 Å². The van der Waals surface area contributed by atoms with Crippen LogP contribution in [0.4, 0.5) is 0 Å². The Hall–Kier alpha value is -0.660. The fraction of sp³-hybridized carbons (Fsp3) is 0.917. The number of ketones is 2. The molecule has 4 aliphatic carbocycles. The van der Waals surface area contributed by atoms with Crippen LogP contribution in [0.5, 0.6) is 0 Å². The normalized spacial score (nSPS) is 50.9. The van der Waals surface area contributed by atoms with Gasteiger partial charge < -0.3 is 0 Å². The minimum absolute atomic E-state index is 0.218. The summed E-state index contributed by atoms with van der Waals surface area (Å²) in [5.74, 6) is 5.30. The molecule has 2 nitrogen and oxygen atoms in total. The second-order valence-electron chi connectivity index (χ2n) is 11.2. The number of hydrogen-bond acceptors (Lipinski definition) is 2. The van der Waals surface area contributed by atoms with Crippen LogP contribution in [-0.2, 0) is 9.59 Å². The van der Waals surface area contributed by atoms with Crippen LogP contribution in [0.15, 0.2) is 0 Å². The summed E-state index contributed by atoms with van der Waals surface area (Å²) >= 11 is 0. The lowest BCUT2D eigenvalue weighted by Crippen LogP contribution is -2.54. The molecule has 4 fully saturated rings.